The number of methoxy groups -OCH3 is 1. The molecule has 1 heterocycles. The van der Waals surface area contributed by atoms with Crippen molar-refractivity contribution in [2.75, 3.05) is 20.3 Å². The van der Waals surface area contributed by atoms with E-state index >= 15 is 0 Å². The van der Waals surface area contributed by atoms with Gasteiger partial charge in [-0.3, -0.25) is 9.89 Å². The highest BCUT2D eigenvalue weighted by Crippen LogP contribution is 2.13. The van der Waals surface area contributed by atoms with E-state index in [-0.39, 0.29) is 5.91 Å². The van der Waals surface area contributed by atoms with E-state index in [0.717, 1.165) is 23.4 Å². The Morgan fingerprint density at radius 3 is 2.88 bits per heavy atom. The van der Waals surface area contributed by atoms with Crippen molar-refractivity contribution in [3.8, 4) is 5.75 Å². The van der Waals surface area contributed by atoms with Crippen LogP contribution in [0.2, 0.25) is 0 Å². The quantitative estimate of drug-likeness (QED) is 0.693. The molecule has 6 heteroatoms. The van der Waals surface area contributed by atoms with Gasteiger partial charge in [0.25, 0.3) is 5.91 Å². The van der Waals surface area contributed by atoms with Gasteiger partial charge in [0.15, 0.2) is 0 Å². The van der Waals surface area contributed by atoms with Crippen LogP contribution in [0.3, 0.4) is 0 Å². The van der Waals surface area contributed by atoms with Gasteiger partial charge in [0.05, 0.1) is 6.61 Å². The molecular formula is C18H25N3O3. The summed E-state index contributed by atoms with van der Waals surface area (Å²) >= 11 is 0. The lowest BCUT2D eigenvalue weighted by atomic mass is 10.1. The van der Waals surface area contributed by atoms with E-state index in [1.807, 2.05) is 24.3 Å². The van der Waals surface area contributed by atoms with Gasteiger partial charge in [0.2, 0.25) is 0 Å². The first-order valence-corrected chi connectivity index (χ1v) is 8.11. The van der Waals surface area contributed by atoms with Crippen molar-refractivity contribution in [3.63, 3.8) is 0 Å². The van der Waals surface area contributed by atoms with Crippen LogP contribution in [-0.2, 0) is 17.7 Å². The Labute approximate surface area is 142 Å². The highest BCUT2D eigenvalue weighted by Gasteiger charge is 2.11. The summed E-state index contributed by atoms with van der Waals surface area (Å²) in [5.74, 6) is 1.09. The van der Waals surface area contributed by atoms with Crippen LogP contribution in [0.5, 0.6) is 5.75 Å². The van der Waals surface area contributed by atoms with Crippen LogP contribution in [0.1, 0.15) is 35.6 Å². The lowest BCUT2D eigenvalue weighted by molar-refractivity contribution is 0.0946. The Balaban J connectivity index is 1.87. The van der Waals surface area contributed by atoms with Gasteiger partial charge in [-0.05, 0) is 36.1 Å². The van der Waals surface area contributed by atoms with Crippen molar-refractivity contribution in [2.45, 2.75) is 26.8 Å². The number of nitrogens with one attached hydrogen (secondary N) is 2. The third-order valence-corrected chi connectivity index (χ3v) is 3.40. The van der Waals surface area contributed by atoms with Gasteiger partial charge in [0.1, 0.15) is 18.1 Å². The highest BCUT2D eigenvalue weighted by molar-refractivity contribution is 5.92. The number of aromatic nitrogens is 2. The molecule has 0 unspecified atom stereocenters. The molecule has 0 saturated heterocycles. The number of H-pyrrole nitrogens is 1. The average Bonchev–Trinajstić information content (AvgIpc) is 3.01. The van der Waals surface area contributed by atoms with E-state index in [4.69, 9.17) is 9.47 Å². The number of benzene rings is 1. The molecule has 1 aromatic heterocycles. The molecule has 0 atom stereocenters. The predicted octanol–water partition coefficient (Wildman–Crippen LogP) is 2.56. The second-order valence-electron chi connectivity index (χ2n) is 6.05. The van der Waals surface area contributed by atoms with Crippen molar-refractivity contribution >= 4 is 5.91 Å². The summed E-state index contributed by atoms with van der Waals surface area (Å²) in [7, 11) is 1.64. The molecule has 0 fully saturated rings. The van der Waals surface area contributed by atoms with Crippen LogP contribution in [0.25, 0.3) is 0 Å². The predicted molar refractivity (Wildman–Crippen MR) is 92.1 cm³/mol. The topological polar surface area (TPSA) is 76.2 Å². The minimum absolute atomic E-state index is 0.188. The molecular weight excluding hydrogens is 306 g/mol. The molecule has 2 aromatic rings. The van der Waals surface area contributed by atoms with Crippen molar-refractivity contribution in [3.05, 3.63) is 47.3 Å². The second-order valence-corrected chi connectivity index (χ2v) is 6.05. The Hall–Kier alpha value is -2.34. The van der Waals surface area contributed by atoms with Gasteiger partial charge in [-0.2, -0.15) is 5.10 Å². The number of carbonyl (C=O) groups excluding carboxylic acids is 1. The fourth-order valence-electron chi connectivity index (χ4n) is 2.28. The first-order valence-electron chi connectivity index (χ1n) is 8.11. The van der Waals surface area contributed by atoms with Crippen LogP contribution in [0.4, 0.5) is 0 Å². The number of hydrogen-bond acceptors (Lipinski definition) is 4. The summed E-state index contributed by atoms with van der Waals surface area (Å²) in [6.07, 6.45) is 0.876. The van der Waals surface area contributed by atoms with Crippen LogP contribution >= 0.6 is 0 Å². The SMILES string of the molecule is COCCOc1cccc(CNC(=O)c2cc(CC(C)C)[nH]n2)c1. The molecule has 24 heavy (non-hydrogen) atoms. The summed E-state index contributed by atoms with van der Waals surface area (Å²) in [6, 6.07) is 9.44. The molecule has 0 saturated carbocycles. The molecule has 0 spiro atoms. The van der Waals surface area contributed by atoms with Crippen molar-refractivity contribution < 1.29 is 14.3 Å². The zero-order valence-electron chi connectivity index (χ0n) is 14.5. The summed E-state index contributed by atoms with van der Waals surface area (Å²) in [4.78, 5) is 12.2. The monoisotopic (exact) mass is 331 g/mol. The van der Waals surface area contributed by atoms with Gasteiger partial charge in [0, 0.05) is 19.3 Å². The molecule has 0 aliphatic heterocycles. The Bertz CT molecular complexity index is 652. The minimum atomic E-state index is -0.188. The molecule has 1 amide bonds. The van der Waals surface area contributed by atoms with E-state index in [1.54, 1.807) is 13.2 Å². The van der Waals surface area contributed by atoms with E-state index in [2.05, 4.69) is 29.4 Å². The summed E-state index contributed by atoms with van der Waals surface area (Å²) < 4.78 is 10.5. The normalized spacial score (nSPS) is 10.8. The number of aromatic amines is 1. The van der Waals surface area contributed by atoms with Crippen LogP contribution in [-0.4, -0.2) is 36.4 Å². The first-order chi connectivity index (χ1) is 11.6. The number of ether oxygens (including phenoxy) is 2. The molecule has 1 aromatic carbocycles. The Morgan fingerprint density at radius 2 is 2.12 bits per heavy atom. The summed E-state index contributed by atoms with van der Waals surface area (Å²) in [6.45, 7) is 5.72. The second kappa shape index (κ2) is 9.08. The number of nitrogens with zero attached hydrogens (tertiary/aromatic N) is 1. The standard InChI is InChI=1S/C18H25N3O3/c1-13(2)9-15-11-17(21-20-15)18(22)19-12-14-5-4-6-16(10-14)24-8-7-23-3/h4-6,10-11,13H,7-9,12H2,1-3H3,(H,19,22)(H,20,21). The third-order valence-electron chi connectivity index (χ3n) is 3.40. The molecule has 0 aliphatic rings. The third kappa shape index (κ3) is 5.70. The maximum Gasteiger partial charge on any atom is 0.272 e. The maximum atomic E-state index is 12.2. The van der Waals surface area contributed by atoms with Gasteiger partial charge >= 0.3 is 0 Å². The smallest absolute Gasteiger partial charge is 0.272 e. The summed E-state index contributed by atoms with van der Waals surface area (Å²) in [5.41, 5.74) is 2.36. The van der Waals surface area contributed by atoms with Crippen molar-refractivity contribution in [1.29, 1.82) is 0 Å². The summed E-state index contributed by atoms with van der Waals surface area (Å²) in [5, 5.41) is 9.86. The van der Waals surface area contributed by atoms with Crippen LogP contribution in [0, 0.1) is 5.92 Å². The number of hydrogen-bond donors (Lipinski definition) is 2. The molecule has 2 rings (SSSR count). The van der Waals surface area contributed by atoms with E-state index in [1.165, 1.54) is 0 Å². The average molecular weight is 331 g/mol. The molecule has 6 nitrogen and oxygen atoms in total. The van der Waals surface area contributed by atoms with Gasteiger partial charge in [-0.15, -0.1) is 0 Å². The lowest BCUT2D eigenvalue weighted by Crippen LogP contribution is -2.23. The molecule has 0 aliphatic carbocycles. The highest BCUT2D eigenvalue weighted by atomic mass is 16.5. The lowest BCUT2D eigenvalue weighted by Gasteiger charge is -2.08. The largest absolute Gasteiger partial charge is 0.491 e. The zero-order valence-corrected chi connectivity index (χ0v) is 14.5. The molecule has 0 bridgehead atoms. The van der Waals surface area contributed by atoms with Crippen molar-refractivity contribution in [1.82, 2.24) is 15.5 Å². The fourth-order valence-corrected chi connectivity index (χ4v) is 2.28. The molecule has 130 valence electrons. The Morgan fingerprint density at radius 1 is 1.29 bits per heavy atom. The first kappa shape index (κ1) is 18.0. The Kier molecular flexibility index (Phi) is 6.81. The minimum Gasteiger partial charge on any atom is -0.491 e. The van der Waals surface area contributed by atoms with Gasteiger partial charge < -0.3 is 14.8 Å². The molecule has 0 radical (unpaired) electrons. The van der Waals surface area contributed by atoms with E-state index in [9.17, 15) is 4.79 Å². The van der Waals surface area contributed by atoms with Crippen molar-refractivity contribution in [2.24, 2.45) is 5.92 Å². The number of rotatable bonds is 9. The van der Waals surface area contributed by atoms with E-state index in [0.29, 0.717) is 31.4 Å². The fraction of sp³-hybridized carbons (Fsp3) is 0.444. The van der Waals surface area contributed by atoms with Gasteiger partial charge in [-0.1, -0.05) is 26.0 Å². The number of carbonyl (C=O) groups is 1. The van der Waals surface area contributed by atoms with E-state index < -0.39 is 0 Å². The zero-order chi connectivity index (χ0) is 17.4. The molecule has 2 N–H and O–H groups in total. The number of amides is 1. The van der Waals surface area contributed by atoms with Crippen LogP contribution in [0.15, 0.2) is 30.3 Å². The van der Waals surface area contributed by atoms with Crippen LogP contribution < -0.4 is 10.1 Å². The van der Waals surface area contributed by atoms with Gasteiger partial charge in [-0.25, -0.2) is 0 Å². The maximum absolute atomic E-state index is 12.2.